The number of ether oxygens (including phenoxy) is 2. The molecule has 41 heavy (non-hydrogen) atoms. The van der Waals surface area contributed by atoms with Gasteiger partial charge in [-0.25, -0.2) is 9.80 Å². The second-order valence-corrected chi connectivity index (χ2v) is 9.34. The molecule has 0 aromatic heterocycles. The van der Waals surface area contributed by atoms with E-state index in [-0.39, 0.29) is 29.3 Å². The number of anilines is 1. The Balaban J connectivity index is 1.66. The molecule has 0 fully saturated rings. The van der Waals surface area contributed by atoms with Gasteiger partial charge in [0.25, 0.3) is 0 Å². The van der Waals surface area contributed by atoms with Gasteiger partial charge in [-0.3, -0.25) is 0 Å². The van der Waals surface area contributed by atoms with Crippen molar-refractivity contribution < 1.29 is 49.4 Å². The minimum atomic E-state index is -4.90. The molecule has 1 aliphatic rings. The molecule has 0 saturated heterocycles. The Morgan fingerprint density at radius 3 is 2.12 bits per heavy atom. The van der Waals surface area contributed by atoms with Crippen molar-refractivity contribution in [2.75, 3.05) is 11.9 Å². The van der Waals surface area contributed by atoms with E-state index >= 15 is 0 Å². The highest BCUT2D eigenvalue weighted by Gasteiger charge is 2.43. The van der Waals surface area contributed by atoms with Crippen molar-refractivity contribution in [3.8, 4) is 11.5 Å². The largest absolute Gasteiger partial charge is 0.573 e. The molecule has 0 radical (unpaired) electrons. The molecule has 3 aromatic rings. The number of carbonyl (C=O) groups excluding carboxylic acids is 1. The summed E-state index contributed by atoms with van der Waals surface area (Å²) in [7, 11) is 0. The van der Waals surface area contributed by atoms with Crippen LogP contribution in [0, 0.1) is 0 Å². The van der Waals surface area contributed by atoms with Crippen LogP contribution in [0.15, 0.2) is 71.8 Å². The minimum Gasteiger partial charge on any atom is -0.435 e. The fraction of sp³-hybridized carbons (Fsp3) is 0.231. The van der Waals surface area contributed by atoms with Crippen molar-refractivity contribution in [2.24, 2.45) is 5.10 Å². The third-order valence-corrected chi connectivity index (χ3v) is 6.36. The third kappa shape index (κ3) is 6.99. The highest BCUT2D eigenvalue weighted by atomic mass is 35.5. The van der Waals surface area contributed by atoms with Gasteiger partial charge in [0.15, 0.2) is 0 Å². The molecule has 0 bridgehead atoms. The zero-order valence-electron chi connectivity index (χ0n) is 20.7. The number of halogens is 9. The van der Waals surface area contributed by atoms with Gasteiger partial charge < -0.3 is 14.8 Å². The summed E-state index contributed by atoms with van der Waals surface area (Å²) in [6, 6.07) is 11.9. The van der Waals surface area contributed by atoms with Gasteiger partial charge in [-0.05, 0) is 61.0 Å². The van der Waals surface area contributed by atoms with Crippen LogP contribution in [0.2, 0.25) is 5.02 Å². The minimum absolute atomic E-state index is 0.0981. The van der Waals surface area contributed by atoms with Crippen molar-refractivity contribution in [3.05, 3.63) is 88.4 Å². The van der Waals surface area contributed by atoms with Crippen molar-refractivity contribution in [1.82, 2.24) is 5.01 Å². The molecule has 4 rings (SSSR count). The number of amides is 2. The van der Waals surface area contributed by atoms with Gasteiger partial charge in [-0.1, -0.05) is 29.8 Å². The molecule has 15 heteroatoms. The highest BCUT2D eigenvalue weighted by Crippen LogP contribution is 2.40. The number of hydrogen-bond acceptors (Lipinski definition) is 4. The average molecular weight is 608 g/mol. The first-order valence-corrected chi connectivity index (χ1v) is 11.9. The summed E-state index contributed by atoms with van der Waals surface area (Å²) in [6.45, 7) is -1.59. The van der Waals surface area contributed by atoms with Gasteiger partial charge in [0, 0.05) is 11.3 Å². The SMILES string of the molecule is CC1(c2ccc(OC(F)F)cc2)CN(C(=O)Nc2ccc(OC(F)(F)F)cc2)N=C1c1ccc(C(F)(F)F)c(Cl)c1. The molecule has 1 heterocycles. The van der Waals surface area contributed by atoms with Crippen LogP contribution < -0.4 is 14.8 Å². The summed E-state index contributed by atoms with van der Waals surface area (Å²) in [5.74, 6) is -0.656. The summed E-state index contributed by atoms with van der Waals surface area (Å²) in [5.41, 5.74) is -1.40. The Labute approximate surface area is 232 Å². The first-order chi connectivity index (χ1) is 19.0. The quantitative estimate of drug-likeness (QED) is 0.288. The van der Waals surface area contributed by atoms with Crippen LogP contribution in [0.1, 0.15) is 23.6 Å². The Hall–Kier alpha value is -4.07. The number of urea groups is 1. The molecular formula is C26H18ClF8N3O3. The van der Waals surface area contributed by atoms with Crippen molar-refractivity contribution in [1.29, 1.82) is 0 Å². The van der Waals surface area contributed by atoms with Crippen molar-refractivity contribution in [3.63, 3.8) is 0 Å². The second kappa shape index (κ2) is 11.1. The molecule has 0 spiro atoms. The fourth-order valence-corrected chi connectivity index (χ4v) is 4.47. The number of benzene rings is 3. The molecular weight excluding hydrogens is 590 g/mol. The third-order valence-electron chi connectivity index (χ3n) is 6.05. The summed E-state index contributed by atoms with van der Waals surface area (Å²) in [6.07, 6.45) is -9.62. The molecule has 3 aromatic carbocycles. The smallest absolute Gasteiger partial charge is 0.435 e. The van der Waals surface area contributed by atoms with Gasteiger partial charge in [-0.15, -0.1) is 13.2 Å². The zero-order valence-corrected chi connectivity index (χ0v) is 21.4. The summed E-state index contributed by atoms with van der Waals surface area (Å²) in [5, 5.41) is 7.17. The maximum atomic E-state index is 13.3. The van der Waals surface area contributed by atoms with Gasteiger partial charge >= 0.3 is 25.2 Å². The number of hydrogen-bond donors (Lipinski definition) is 1. The van der Waals surface area contributed by atoms with E-state index in [0.717, 1.165) is 47.5 Å². The van der Waals surface area contributed by atoms with E-state index in [4.69, 9.17) is 11.6 Å². The maximum absolute atomic E-state index is 13.3. The lowest BCUT2D eigenvalue weighted by atomic mass is 9.76. The van der Waals surface area contributed by atoms with Crippen molar-refractivity contribution >= 4 is 29.0 Å². The summed E-state index contributed by atoms with van der Waals surface area (Å²) < 4.78 is 110. The number of rotatable bonds is 6. The zero-order chi connectivity index (χ0) is 30.2. The lowest BCUT2D eigenvalue weighted by Gasteiger charge is -2.27. The molecule has 1 N–H and O–H groups in total. The number of hydrazone groups is 1. The molecule has 1 atom stereocenters. The number of nitrogens with zero attached hydrogens (tertiary/aromatic N) is 2. The maximum Gasteiger partial charge on any atom is 0.573 e. The van der Waals surface area contributed by atoms with Crippen LogP contribution in [-0.4, -0.2) is 36.3 Å². The van der Waals surface area contributed by atoms with Crippen LogP contribution in [0.5, 0.6) is 11.5 Å². The van der Waals surface area contributed by atoms with Crippen molar-refractivity contribution in [2.45, 2.75) is 31.5 Å². The number of alkyl halides is 8. The highest BCUT2D eigenvalue weighted by molar-refractivity contribution is 6.32. The van der Waals surface area contributed by atoms with Crippen LogP contribution in [0.25, 0.3) is 0 Å². The Morgan fingerprint density at radius 2 is 1.59 bits per heavy atom. The van der Waals surface area contributed by atoms with Crippen LogP contribution in [0.4, 0.5) is 45.6 Å². The first kappa shape index (κ1) is 29.9. The number of carbonyl (C=O) groups is 1. The molecule has 0 aliphatic carbocycles. The second-order valence-electron chi connectivity index (χ2n) is 8.94. The van der Waals surface area contributed by atoms with E-state index in [0.29, 0.717) is 5.56 Å². The molecule has 0 saturated carbocycles. The lowest BCUT2D eigenvalue weighted by molar-refractivity contribution is -0.274. The van der Waals surface area contributed by atoms with Crippen LogP contribution >= 0.6 is 11.6 Å². The average Bonchev–Trinajstić information content (AvgIpc) is 3.22. The Bertz CT molecular complexity index is 1440. The monoisotopic (exact) mass is 607 g/mol. The normalized spacial score (nSPS) is 17.4. The molecule has 1 unspecified atom stereocenters. The summed E-state index contributed by atoms with van der Waals surface area (Å²) in [4.78, 5) is 13.1. The van der Waals surface area contributed by atoms with E-state index in [1.807, 2.05) is 0 Å². The fourth-order valence-electron chi connectivity index (χ4n) is 4.19. The van der Waals surface area contributed by atoms with Gasteiger partial charge in [0.2, 0.25) is 0 Å². The molecule has 6 nitrogen and oxygen atoms in total. The molecule has 2 amide bonds. The van der Waals surface area contributed by atoms with E-state index < -0.39 is 46.9 Å². The van der Waals surface area contributed by atoms with E-state index in [2.05, 4.69) is 19.9 Å². The molecule has 218 valence electrons. The standard InChI is InChI=1S/C26H18ClF8N3O3/c1-24(15-3-7-17(8-4-15)40-22(28)29)13-38(23(39)36-16-5-9-18(10-6-16)41-26(33,34)35)37-21(24)14-2-11-19(20(27)12-14)25(30,31)32/h2-12,22H,13H2,1H3,(H,36,39). The van der Waals surface area contributed by atoms with E-state index in [1.165, 1.54) is 24.3 Å². The van der Waals surface area contributed by atoms with E-state index in [9.17, 15) is 39.9 Å². The number of nitrogens with one attached hydrogen (secondary N) is 1. The van der Waals surface area contributed by atoms with Crippen LogP contribution in [-0.2, 0) is 11.6 Å². The van der Waals surface area contributed by atoms with Gasteiger partial charge in [-0.2, -0.15) is 27.1 Å². The lowest BCUT2D eigenvalue weighted by Crippen LogP contribution is -2.38. The van der Waals surface area contributed by atoms with Crippen LogP contribution in [0.3, 0.4) is 0 Å². The summed E-state index contributed by atoms with van der Waals surface area (Å²) >= 11 is 5.92. The van der Waals surface area contributed by atoms with E-state index in [1.54, 1.807) is 6.92 Å². The van der Waals surface area contributed by atoms with Gasteiger partial charge in [0.1, 0.15) is 11.5 Å². The first-order valence-electron chi connectivity index (χ1n) is 11.5. The predicted molar refractivity (Wildman–Crippen MR) is 132 cm³/mol. The topological polar surface area (TPSA) is 63.2 Å². The molecule has 1 aliphatic heterocycles. The van der Waals surface area contributed by atoms with Gasteiger partial charge in [0.05, 0.1) is 28.3 Å². The Kier molecular flexibility index (Phi) is 8.07. The predicted octanol–water partition coefficient (Wildman–Crippen LogP) is 8.07. The Morgan fingerprint density at radius 1 is 0.976 bits per heavy atom.